The summed E-state index contributed by atoms with van der Waals surface area (Å²) in [7, 11) is 0. The third-order valence-electron chi connectivity index (χ3n) is 3.79. The van der Waals surface area contributed by atoms with Gasteiger partial charge in [0.05, 0.1) is 12.7 Å². The van der Waals surface area contributed by atoms with Crippen molar-refractivity contribution in [2.45, 2.75) is 51.2 Å². The van der Waals surface area contributed by atoms with Gasteiger partial charge in [-0.1, -0.05) is 19.8 Å². The summed E-state index contributed by atoms with van der Waals surface area (Å²) in [6.07, 6.45) is 7.08. The number of nitrogens with zero attached hydrogens (tertiary/aromatic N) is 1. The Kier molecular flexibility index (Phi) is 5.07. The first-order valence-electron chi connectivity index (χ1n) is 6.96. The Balaban J connectivity index is 1.56. The van der Waals surface area contributed by atoms with E-state index in [2.05, 4.69) is 17.1 Å². The average molecular weight is 226 g/mol. The Hall–Kier alpha value is -0.120. The van der Waals surface area contributed by atoms with Crippen LogP contribution in [-0.4, -0.2) is 49.8 Å². The van der Waals surface area contributed by atoms with Gasteiger partial charge in [0, 0.05) is 19.1 Å². The highest BCUT2D eigenvalue weighted by molar-refractivity contribution is 4.85. The number of fused-ring (bicyclic) bond motifs is 1. The van der Waals surface area contributed by atoms with E-state index in [-0.39, 0.29) is 0 Å². The summed E-state index contributed by atoms with van der Waals surface area (Å²) in [5, 5.41) is 3.52. The fourth-order valence-electron chi connectivity index (χ4n) is 2.77. The minimum Gasteiger partial charge on any atom is -0.374 e. The molecule has 0 spiro atoms. The number of ether oxygens (including phenoxy) is 1. The van der Waals surface area contributed by atoms with Crippen molar-refractivity contribution in [1.29, 1.82) is 0 Å². The van der Waals surface area contributed by atoms with Gasteiger partial charge in [0.15, 0.2) is 0 Å². The molecule has 2 atom stereocenters. The predicted octanol–water partition coefficient (Wildman–Crippen LogP) is 1.63. The summed E-state index contributed by atoms with van der Waals surface area (Å²) in [5.41, 5.74) is 0. The molecule has 1 N–H and O–H groups in total. The molecule has 2 heterocycles. The maximum Gasteiger partial charge on any atom is 0.0826 e. The van der Waals surface area contributed by atoms with Crippen LogP contribution in [0.3, 0.4) is 0 Å². The molecule has 0 aromatic rings. The van der Waals surface area contributed by atoms with E-state index < -0.39 is 0 Å². The quantitative estimate of drug-likeness (QED) is 0.697. The van der Waals surface area contributed by atoms with E-state index in [0.29, 0.717) is 6.10 Å². The van der Waals surface area contributed by atoms with E-state index >= 15 is 0 Å². The molecule has 0 aromatic carbocycles. The number of rotatable bonds is 6. The van der Waals surface area contributed by atoms with Crippen LogP contribution in [0.15, 0.2) is 0 Å². The van der Waals surface area contributed by atoms with Gasteiger partial charge >= 0.3 is 0 Å². The molecule has 2 aliphatic rings. The molecule has 3 heteroatoms. The smallest absolute Gasteiger partial charge is 0.0826 e. The van der Waals surface area contributed by atoms with Crippen LogP contribution in [0.1, 0.15) is 39.0 Å². The van der Waals surface area contributed by atoms with Crippen LogP contribution in [0.5, 0.6) is 0 Å². The number of hydrogen-bond acceptors (Lipinski definition) is 3. The highest BCUT2D eigenvalue weighted by atomic mass is 16.5. The zero-order chi connectivity index (χ0) is 11.2. The lowest BCUT2D eigenvalue weighted by Gasteiger charge is -2.35. The van der Waals surface area contributed by atoms with Crippen LogP contribution in [0.4, 0.5) is 0 Å². The predicted molar refractivity (Wildman–Crippen MR) is 66.7 cm³/mol. The topological polar surface area (TPSA) is 24.5 Å². The number of unbranched alkanes of at least 4 members (excludes halogenated alkanes) is 2. The van der Waals surface area contributed by atoms with Gasteiger partial charge in [-0.15, -0.1) is 0 Å². The summed E-state index contributed by atoms with van der Waals surface area (Å²) in [6.45, 7) is 7.83. The summed E-state index contributed by atoms with van der Waals surface area (Å²) in [4.78, 5) is 2.61. The Morgan fingerprint density at radius 3 is 3.19 bits per heavy atom. The highest BCUT2D eigenvalue weighted by Gasteiger charge is 2.31. The lowest BCUT2D eigenvalue weighted by Crippen LogP contribution is -2.49. The molecule has 0 amide bonds. The SMILES string of the molecule is CCCCCNCC1CN2CCCC2CO1. The number of morpholine rings is 1. The largest absolute Gasteiger partial charge is 0.374 e. The first-order valence-corrected chi connectivity index (χ1v) is 6.96. The van der Waals surface area contributed by atoms with E-state index in [9.17, 15) is 0 Å². The molecule has 0 radical (unpaired) electrons. The second kappa shape index (κ2) is 6.58. The molecule has 3 nitrogen and oxygen atoms in total. The second-order valence-electron chi connectivity index (χ2n) is 5.16. The molecule has 94 valence electrons. The molecule has 2 saturated heterocycles. The number of hydrogen-bond donors (Lipinski definition) is 1. The molecule has 2 fully saturated rings. The molecule has 16 heavy (non-hydrogen) atoms. The summed E-state index contributed by atoms with van der Waals surface area (Å²) < 4.78 is 5.89. The Bertz CT molecular complexity index is 198. The average Bonchev–Trinajstić information content (AvgIpc) is 2.76. The number of nitrogens with one attached hydrogen (secondary N) is 1. The monoisotopic (exact) mass is 226 g/mol. The third kappa shape index (κ3) is 3.44. The maximum atomic E-state index is 5.89. The Labute approximate surface area is 99.5 Å². The molecule has 2 rings (SSSR count). The van der Waals surface area contributed by atoms with Crippen LogP contribution in [-0.2, 0) is 4.74 Å². The van der Waals surface area contributed by atoms with Crippen LogP contribution in [0.25, 0.3) is 0 Å². The van der Waals surface area contributed by atoms with Crippen molar-refractivity contribution < 1.29 is 4.74 Å². The van der Waals surface area contributed by atoms with Crippen molar-refractivity contribution in [3.8, 4) is 0 Å². The molecular formula is C13H26N2O. The van der Waals surface area contributed by atoms with E-state index in [4.69, 9.17) is 4.74 Å². The van der Waals surface area contributed by atoms with Gasteiger partial charge in [0.25, 0.3) is 0 Å². The van der Waals surface area contributed by atoms with Crippen molar-refractivity contribution in [1.82, 2.24) is 10.2 Å². The van der Waals surface area contributed by atoms with E-state index in [0.717, 1.165) is 32.3 Å². The maximum absolute atomic E-state index is 5.89. The lowest BCUT2D eigenvalue weighted by atomic mass is 10.2. The molecular weight excluding hydrogens is 200 g/mol. The molecule has 0 aliphatic carbocycles. The van der Waals surface area contributed by atoms with Gasteiger partial charge in [-0.25, -0.2) is 0 Å². The highest BCUT2D eigenvalue weighted by Crippen LogP contribution is 2.22. The Morgan fingerprint density at radius 2 is 2.31 bits per heavy atom. The second-order valence-corrected chi connectivity index (χ2v) is 5.16. The van der Waals surface area contributed by atoms with Crippen molar-refractivity contribution >= 4 is 0 Å². The first-order chi connectivity index (χ1) is 7.90. The minimum atomic E-state index is 0.427. The normalized spacial score (nSPS) is 30.6. The Morgan fingerprint density at radius 1 is 1.38 bits per heavy atom. The van der Waals surface area contributed by atoms with Crippen molar-refractivity contribution in [2.75, 3.05) is 32.8 Å². The summed E-state index contributed by atoms with van der Waals surface area (Å²) in [6, 6.07) is 0.733. The molecule has 0 bridgehead atoms. The lowest BCUT2D eigenvalue weighted by molar-refractivity contribution is -0.0468. The molecule has 0 saturated carbocycles. The summed E-state index contributed by atoms with van der Waals surface area (Å²) in [5.74, 6) is 0. The fraction of sp³-hybridized carbons (Fsp3) is 1.00. The van der Waals surface area contributed by atoms with Crippen LogP contribution in [0, 0.1) is 0 Å². The van der Waals surface area contributed by atoms with Gasteiger partial charge in [0.2, 0.25) is 0 Å². The van der Waals surface area contributed by atoms with E-state index in [1.54, 1.807) is 0 Å². The zero-order valence-electron chi connectivity index (χ0n) is 10.6. The van der Waals surface area contributed by atoms with Crippen molar-refractivity contribution in [3.63, 3.8) is 0 Å². The van der Waals surface area contributed by atoms with Crippen molar-refractivity contribution in [2.24, 2.45) is 0 Å². The zero-order valence-corrected chi connectivity index (χ0v) is 10.6. The van der Waals surface area contributed by atoms with Gasteiger partial charge in [-0.05, 0) is 32.4 Å². The van der Waals surface area contributed by atoms with Gasteiger partial charge in [-0.2, -0.15) is 0 Å². The van der Waals surface area contributed by atoms with Gasteiger partial charge in [-0.3, -0.25) is 4.90 Å². The van der Waals surface area contributed by atoms with Crippen LogP contribution < -0.4 is 5.32 Å². The fourth-order valence-corrected chi connectivity index (χ4v) is 2.77. The van der Waals surface area contributed by atoms with Crippen LogP contribution >= 0.6 is 0 Å². The standard InChI is InChI=1S/C13H26N2O/c1-2-3-4-7-14-9-13-10-15-8-5-6-12(15)11-16-13/h12-14H,2-11H2,1H3. The molecule has 2 aliphatic heterocycles. The van der Waals surface area contributed by atoms with Crippen LogP contribution in [0.2, 0.25) is 0 Å². The summed E-state index contributed by atoms with van der Waals surface area (Å²) >= 11 is 0. The minimum absolute atomic E-state index is 0.427. The molecule has 2 unspecified atom stereocenters. The molecule has 0 aromatic heterocycles. The van der Waals surface area contributed by atoms with Gasteiger partial charge in [0.1, 0.15) is 0 Å². The first kappa shape index (κ1) is 12.3. The van der Waals surface area contributed by atoms with Crippen molar-refractivity contribution in [3.05, 3.63) is 0 Å². The van der Waals surface area contributed by atoms with E-state index in [1.165, 1.54) is 38.6 Å². The van der Waals surface area contributed by atoms with Gasteiger partial charge < -0.3 is 10.1 Å². The third-order valence-corrected chi connectivity index (χ3v) is 3.79. The van der Waals surface area contributed by atoms with E-state index in [1.807, 2.05) is 0 Å².